The zero-order valence-corrected chi connectivity index (χ0v) is 11.2. The standard InChI is InChI=1S/C11H9Cl2N3O2/c1-16-8(3-4-14-16)7-5-6(12)9(13)10(15-7)11(17)18-2/h3-5H,1-2H3. The van der Waals surface area contributed by atoms with Crippen molar-refractivity contribution in [1.82, 2.24) is 14.8 Å². The lowest BCUT2D eigenvalue weighted by atomic mass is 10.2. The Hall–Kier alpha value is -1.59. The smallest absolute Gasteiger partial charge is 0.358 e. The number of nitrogens with zero attached hydrogens (tertiary/aromatic N) is 3. The Morgan fingerprint density at radius 2 is 2.17 bits per heavy atom. The molecule has 0 saturated carbocycles. The van der Waals surface area contributed by atoms with Crippen molar-refractivity contribution >= 4 is 29.2 Å². The molecule has 0 atom stereocenters. The van der Waals surface area contributed by atoms with E-state index in [2.05, 4.69) is 14.8 Å². The first-order chi connectivity index (χ1) is 8.54. The van der Waals surface area contributed by atoms with Crippen molar-refractivity contribution in [3.63, 3.8) is 0 Å². The van der Waals surface area contributed by atoms with Crippen molar-refractivity contribution in [2.24, 2.45) is 7.05 Å². The van der Waals surface area contributed by atoms with E-state index in [0.29, 0.717) is 5.69 Å². The zero-order chi connectivity index (χ0) is 13.3. The maximum absolute atomic E-state index is 11.5. The molecule has 0 bridgehead atoms. The highest BCUT2D eigenvalue weighted by Gasteiger charge is 2.18. The second-order valence-corrected chi connectivity index (χ2v) is 4.27. The summed E-state index contributed by atoms with van der Waals surface area (Å²) in [7, 11) is 3.02. The second-order valence-electron chi connectivity index (χ2n) is 3.48. The molecule has 2 aromatic rings. The van der Waals surface area contributed by atoms with Gasteiger partial charge < -0.3 is 4.74 Å². The van der Waals surface area contributed by atoms with Crippen molar-refractivity contribution in [2.75, 3.05) is 7.11 Å². The van der Waals surface area contributed by atoms with Gasteiger partial charge in [-0.05, 0) is 12.1 Å². The van der Waals surface area contributed by atoms with Gasteiger partial charge in [-0.25, -0.2) is 9.78 Å². The predicted octanol–water partition coefficient (Wildman–Crippen LogP) is 2.58. The van der Waals surface area contributed by atoms with Crippen LogP contribution in [0.15, 0.2) is 18.3 Å². The van der Waals surface area contributed by atoms with Gasteiger partial charge in [-0.2, -0.15) is 5.10 Å². The van der Waals surface area contributed by atoms with Gasteiger partial charge in [0.25, 0.3) is 0 Å². The molecular formula is C11H9Cl2N3O2. The summed E-state index contributed by atoms with van der Waals surface area (Å²) >= 11 is 11.9. The predicted molar refractivity (Wildman–Crippen MR) is 67.8 cm³/mol. The minimum atomic E-state index is -0.633. The fourth-order valence-corrected chi connectivity index (χ4v) is 1.85. The van der Waals surface area contributed by atoms with E-state index in [-0.39, 0.29) is 15.7 Å². The van der Waals surface area contributed by atoms with Gasteiger partial charge in [-0.15, -0.1) is 0 Å². The van der Waals surface area contributed by atoms with Gasteiger partial charge in [0, 0.05) is 13.2 Å². The first kappa shape index (κ1) is 12.9. The molecule has 0 fully saturated rings. The molecule has 0 aliphatic heterocycles. The molecular weight excluding hydrogens is 277 g/mol. The highest BCUT2D eigenvalue weighted by molar-refractivity contribution is 6.43. The van der Waals surface area contributed by atoms with Crippen LogP contribution in [0, 0.1) is 0 Å². The summed E-state index contributed by atoms with van der Waals surface area (Å²) in [5.74, 6) is -0.633. The molecule has 0 N–H and O–H groups in total. The highest BCUT2D eigenvalue weighted by Crippen LogP contribution is 2.29. The molecule has 0 aliphatic rings. The van der Waals surface area contributed by atoms with Crippen molar-refractivity contribution in [3.05, 3.63) is 34.1 Å². The third-order valence-corrected chi connectivity index (χ3v) is 3.15. The number of carbonyl (C=O) groups excluding carboxylic acids is 1. The van der Waals surface area contributed by atoms with E-state index in [0.717, 1.165) is 5.69 Å². The van der Waals surface area contributed by atoms with Gasteiger partial charge in [0.1, 0.15) is 0 Å². The summed E-state index contributed by atoms with van der Waals surface area (Å²) in [6.45, 7) is 0. The molecule has 0 spiro atoms. The molecule has 7 heteroatoms. The third kappa shape index (κ3) is 2.19. The molecule has 0 unspecified atom stereocenters. The Kier molecular flexibility index (Phi) is 3.54. The summed E-state index contributed by atoms with van der Waals surface area (Å²) in [4.78, 5) is 15.7. The average Bonchev–Trinajstić information content (AvgIpc) is 2.78. The zero-order valence-electron chi connectivity index (χ0n) is 9.65. The topological polar surface area (TPSA) is 57.0 Å². The Balaban J connectivity index is 2.61. The average molecular weight is 286 g/mol. The van der Waals surface area contributed by atoms with Crippen LogP contribution in [0.1, 0.15) is 10.5 Å². The van der Waals surface area contributed by atoms with Crippen LogP contribution in [0.25, 0.3) is 11.4 Å². The Labute approximate surface area is 113 Å². The van der Waals surface area contributed by atoms with E-state index in [9.17, 15) is 4.79 Å². The van der Waals surface area contributed by atoms with Crippen LogP contribution in [0.3, 0.4) is 0 Å². The fourth-order valence-electron chi connectivity index (χ4n) is 1.49. The summed E-state index contributed by atoms with van der Waals surface area (Å²) in [6, 6.07) is 3.33. The van der Waals surface area contributed by atoms with Crippen LogP contribution in [-0.2, 0) is 11.8 Å². The van der Waals surface area contributed by atoms with E-state index in [1.54, 1.807) is 30.1 Å². The van der Waals surface area contributed by atoms with Crippen LogP contribution >= 0.6 is 23.2 Å². The summed E-state index contributed by atoms with van der Waals surface area (Å²) < 4.78 is 6.23. The lowest BCUT2D eigenvalue weighted by Crippen LogP contribution is -2.07. The van der Waals surface area contributed by atoms with Gasteiger partial charge in [-0.1, -0.05) is 23.2 Å². The van der Waals surface area contributed by atoms with Crippen molar-refractivity contribution in [2.45, 2.75) is 0 Å². The second kappa shape index (κ2) is 4.96. The molecule has 0 radical (unpaired) electrons. The van der Waals surface area contributed by atoms with E-state index in [4.69, 9.17) is 23.2 Å². The fraction of sp³-hybridized carbons (Fsp3) is 0.182. The van der Waals surface area contributed by atoms with Gasteiger partial charge in [-0.3, -0.25) is 4.68 Å². The number of aromatic nitrogens is 3. The number of ether oxygens (including phenoxy) is 1. The number of esters is 1. The summed E-state index contributed by atoms with van der Waals surface area (Å²) in [6.07, 6.45) is 1.62. The normalized spacial score (nSPS) is 10.4. The molecule has 94 valence electrons. The quantitative estimate of drug-likeness (QED) is 0.796. The van der Waals surface area contributed by atoms with Crippen LogP contribution in [0.4, 0.5) is 0 Å². The molecule has 0 aromatic carbocycles. The Morgan fingerprint density at radius 3 is 2.72 bits per heavy atom. The largest absolute Gasteiger partial charge is 0.464 e. The summed E-state index contributed by atoms with van der Waals surface area (Å²) in [5, 5.41) is 4.34. The molecule has 2 rings (SSSR count). The maximum atomic E-state index is 11.5. The van der Waals surface area contributed by atoms with E-state index in [1.165, 1.54) is 7.11 Å². The number of hydrogen-bond donors (Lipinski definition) is 0. The van der Waals surface area contributed by atoms with E-state index >= 15 is 0 Å². The molecule has 2 heterocycles. The first-order valence-electron chi connectivity index (χ1n) is 4.97. The number of hydrogen-bond acceptors (Lipinski definition) is 4. The number of pyridine rings is 1. The van der Waals surface area contributed by atoms with E-state index < -0.39 is 5.97 Å². The lowest BCUT2D eigenvalue weighted by Gasteiger charge is -2.07. The van der Waals surface area contributed by atoms with Gasteiger partial charge in [0.05, 0.1) is 28.5 Å². The number of aryl methyl sites for hydroxylation is 1. The molecule has 0 amide bonds. The Bertz CT molecular complexity index is 610. The molecule has 2 aromatic heterocycles. The Morgan fingerprint density at radius 1 is 1.44 bits per heavy atom. The van der Waals surface area contributed by atoms with Crippen LogP contribution in [-0.4, -0.2) is 27.8 Å². The van der Waals surface area contributed by atoms with Crippen molar-refractivity contribution in [1.29, 1.82) is 0 Å². The third-order valence-electron chi connectivity index (χ3n) is 2.38. The highest BCUT2D eigenvalue weighted by atomic mass is 35.5. The minimum absolute atomic E-state index is 0.0112. The van der Waals surface area contributed by atoms with Crippen LogP contribution in [0.5, 0.6) is 0 Å². The molecule has 0 aliphatic carbocycles. The number of carbonyl (C=O) groups is 1. The van der Waals surface area contributed by atoms with E-state index in [1.807, 2.05) is 0 Å². The summed E-state index contributed by atoms with van der Waals surface area (Å²) in [5.41, 5.74) is 1.21. The molecule has 18 heavy (non-hydrogen) atoms. The minimum Gasteiger partial charge on any atom is -0.464 e. The van der Waals surface area contributed by atoms with Crippen LogP contribution in [0.2, 0.25) is 10.0 Å². The molecule has 5 nitrogen and oxygen atoms in total. The lowest BCUT2D eigenvalue weighted by molar-refractivity contribution is 0.0594. The number of halogens is 2. The van der Waals surface area contributed by atoms with Gasteiger partial charge >= 0.3 is 5.97 Å². The van der Waals surface area contributed by atoms with Gasteiger partial charge in [0.2, 0.25) is 0 Å². The van der Waals surface area contributed by atoms with Crippen LogP contribution < -0.4 is 0 Å². The van der Waals surface area contributed by atoms with Crippen molar-refractivity contribution in [3.8, 4) is 11.4 Å². The monoisotopic (exact) mass is 285 g/mol. The maximum Gasteiger partial charge on any atom is 0.358 e. The first-order valence-corrected chi connectivity index (χ1v) is 5.73. The number of methoxy groups -OCH3 is 1. The SMILES string of the molecule is COC(=O)c1nc(-c2ccnn2C)cc(Cl)c1Cl. The van der Waals surface area contributed by atoms with Crippen molar-refractivity contribution < 1.29 is 9.53 Å². The molecule has 0 saturated heterocycles. The van der Waals surface area contributed by atoms with Gasteiger partial charge in [0.15, 0.2) is 5.69 Å². The number of rotatable bonds is 2.